The van der Waals surface area contributed by atoms with Crippen molar-refractivity contribution in [2.45, 2.75) is 33.6 Å². The van der Waals surface area contributed by atoms with Crippen LogP contribution in [0.2, 0.25) is 0 Å². The lowest BCUT2D eigenvalue weighted by molar-refractivity contribution is -0.490. The molecule has 1 nitrogen and oxygen atoms in total. The summed E-state index contributed by atoms with van der Waals surface area (Å²) in [5, 5.41) is 0. The second-order valence-corrected chi connectivity index (χ2v) is 3.73. The molecule has 0 spiro atoms. The van der Waals surface area contributed by atoms with Crippen LogP contribution in [0.1, 0.15) is 33.6 Å². The molecule has 0 aromatic heterocycles. The highest BCUT2D eigenvalue weighted by Gasteiger charge is 2.10. The quantitative estimate of drug-likeness (QED) is 0.425. The zero-order valence-corrected chi connectivity index (χ0v) is 8.43. The van der Waals surface area contributed by atoms with Gasteiger partial charge in [0.05, 0.1) is 0 Å². The maximum absolute atomic E-state index is 3.83. The lowest BCUT2D eigenvalue weighted by Gasteiger charge is -2.16. The van der Waals surface area contributed by atoms with E-state index in [1.807, 2.05) is 11.6 Å². The third kappa shape index (κ3) is 5.00. The molecular formula is C10H22N+. The van der Waals surface area contributed by atoms with Crippen LogP contribution in [0.4, 0.5) is 0 Å². The summed E-state index contributed by atoms with van der Waals surface area (Å²) >= 11 is 0. The number of nitrogens with zero attached hydrogens (tertiary/aromatic N) is 1. The maximum atomic E-state index is 3.83. The molecule has 0 aliphatic rings. The Labute approximate surface area is 71.1 Å². The molecule has 0 heterocycles. The monoisotopic (exact) mass is 156 g/mol. The van der Waals surface area contributed by atoms with Gasteiger partial charge in [-0.05, 0) is 11.8 Å². The van der Waals surface area contributed by atoms with Crippen molar-refractivity contribution >= 4 is 6.72 Å². The summed E-state index contributed by atoms with van der Waals surface area (Å²) in [6.45, 7) is 11.9. The summed E-state index contributed by atoms with van der Waals surface area (Å²) in [6, 6.07) is 0. The first-order valence-corrected chi connectivity index (χ1v) is 4.59. The summed E-state index contributed by atoms with van der Waals surface area (Å²) in [7, 11) is 2.03. The average Bonchev–Trinajstić information content (AvgIpc) is 1.98. The molecule has 2 unspecified atom stereocenters. The zero-order valence-electron chi connectivity index (χ0n) is 8.43. The van der Waals surface area contributed by atoms with Crippen LogP contribution in [0.5, 0.6) is 0 Å². The van der Waals surface area contributed by atoms with E-state index in [-0.39, 0.29) is 0 Å². The van der Waals surface area contributed by atoms with E-state index in [4.69, 9.17) is 0 Å². The van der Waals surface area contributed by atoms with Crippen LogP contribution in [0.15, 0.2) is 0 Å². The third-order valence-corrected chi connectivity index (χ3v) is 2.58. The molecule has 0 aliphatic carbocycles. The molecular weight excluding hydrogens is 134 g/mol. The second-order valence-electron chi connectivity index (χ2n) is 3.73. The molecule has 0 radical (unpaired) electrons. The van der Waals surface area contributed by atoms with Gasteiger partial charge >= 0.3 is 0 Å². The minimum Gasteiger partial charge on any atom is -0.245 e. The van der Waals surface area contributed by atoms with Crippen LogP contribution in [0, 0.1) is 11.8 Å². The van der Waals surface area contributed by atoms with Crippen molar-refractivity contribution in [2.24, 2.45) is 11.8 Å². The Bertz CT molecular complexity index is 118. The Kier molecular flexibility index (Phi) is 5.18. The highest BCUT2D eigenvalue weighted by atomic mass is 14.9. The van der Waals surface area contributed by atoms with Gasteiger partial charge in [0.1, 0.15) is 20.3 Å². The van der Waals surface area contributed by atoms with Crippen LogP contribution in [0.25, 0.3) is 0 Å². The highest BCUT2D eigenvalue weighted by molar-refractivity contribution is 5.13. The smallest absolute Gasteiger partial charge is 0.142 e. The Morgan fingerprint density at radius 1 is 1.27 bits per heavy atom. The number of hydrogen-bond donors (Lipinski definition) is 0. The van der Waals surface area contributed by atoms with E-state index in [2.05, 4.69) is 27.5 Å². The molecule has 0 aliphatic heterocycles. The van der Waals surface area contributed by atoms with E-state index in [9.17, 15) is 0 Å². The lowest BCUT2D eigenvalue weighted by Crippen LogP contribution is -2.13. The number of rotatable bonds is 5. The molecule has 0 rings (SSSR count). The maximum Gasteiger partial charge on any atom is 0.142 e. The summed E-state index contributed by atoms with van der Waals surface area (Å²) in [4.78, 5) is 0. The van der Waals surface area contributed by atoms with Crippen LogP contribution in [-0.4, -0.2) is 24.9 Å². The van der Waals surface area contributed by atoms with Gasteiger partial charge in [0.25, 0.3) is 0 Å². The Morgan fingerprint density at radius 3 is 2.18 bits per heavy atom. The van der Waals surface area contributed by atoms with E-state index >= 15 is 0 Å². The second kappa shape index (κ2) is 5.34. The van der Waals surface area contributed by atoms with Crippen molar-refractivity contribution in [3.8, 4) is 0 Å². The molecule has 11 heavy (non-hydrogen) atoms. The van der Waals surface area contributed by atoms with Crippen LogP contribution in [0.3, 0.4) is 0 Å². The molecule has 0 amide bonds. The van der Waals surface area contributed by atoms with E-state index < -0.39 is 0 Å². The standard InChI is InChI=1S/C10H22N/c1-6-9(2)10(3)7-8-11(4)5/h9-10H,4,6-8H2,1-3,5H3/q+1. The van der Waals surface area contributed by atoms with Gasteiger partial charge in [0.15, 0.2) is 0 Å². The minimum atomic E-state index is 0.837. The van der Waals surface area contributed by atoms with Gasteiger partial charge in [0.2, 0.25) is 0 Å². The first-order chi connectivity index (χ1) is 5.07. The van der Waals surface area contributed by atoms with Crippen molar-refractivity contribution < 1.29 is 4.58 Å². The van der Waals surface area contributed by atoms with Crippen LogP contribution in [-0.2, 0) is 0 Å². The summed E-state index contributed by atoms with van der Waals surface area (Å²) in [5.74, 6) is 1.69. The van der Waals surface area contributed by atoms with Gasteiger partial charge in [-0.3, -0.25) is 0 Å². The first-order valence-electron chi connectivity index (χ1n) is 4.59. The van der Waals surface area contributed by atoms with E-state index in [1.165, 1.54) is 12.8 Å². The zero-order chi connectivity index (χ0) is 8.85. The first kappa shape index (κ1) is 10.7. The van der Waals surface area contributed by atoms with E-state index in [0.717, 1.165) is 18.4 Å². The molecule has 66 valence electrons. The molecule has 0 fully saturated rings. The third-order valence-electron chi connectivity index (χ3n) is 2.58. The Hall–Kier alpha value is -0.330. The van der Waals surface area contributed by atoms with Gasteiger partial charge in [-0.2, -0.15) is 0 Å². The molecule has 1 heteroatoms. The van der Waals surface area contributed by atoms with Gasteiger partial charge < -0.3 is 0 Å². The summed E-state index contributed by atoms with van der Waals surface area (Å²) in [6.07, 6.45) is 2.57. The normalized spacial score (nSPS) is 16.0. The van der Waals surface area contributed by atoms with Gasteiger partial charge in [0, 0.05) is 6.42 Å². The van der Waals surface area contributed by atoms with E-state index in [1.54, 1.807) is 0 Å². The molecule has 0 aromatic rings. The van der Waals surface area contributed by atoms with Gasteiger partial charge in [-0.25, -0.2) is 4.58 Å². The highest BCUT2D eigenvalue weighted by Crippen LogP contribution is 2.17. The SMILES string of the molecule is C=[N+](C)CCC(C)C(C)CC. The van der Waals surface area contributed by atoms with Crippen molar-refractivity contribution in [3.63, 3.8) is 0 Å². The van der Waals surface area contributed by atoms with Crippen molar-refractivity contribution in [2.75, 3.05) is 13.6 Å². The number of hydrogen-bond acceptors (Lipinski definition) is 0. The largest absolute Gasteiger partial charge is 0.245 e. The van der Waals surface area contributed by atoms with Gasteiger partial charge in [-0.1, -0.05) is 27.2 Å². The molecule has 0 N–H and O–H groups in total. The van der Waals surface area contributed by atoms with Crippen LogP contribution < -0.4 is 0 Å². The molecule has 2 atom stereocenters. The predicted octanol–water partition coefficient (Wildman–Crippen LogP) is 2.40. The fraction of sp³-hybridized carbons (Fsp3) is 0.900. The van der Waals surface area contributed by atoms with Crippen LogP contribution >= 0.6 is 0 Å². The molecule has 0 saturated carbocycles. The van der Waals surface area contributed by atoms with Gasteiger partial charge in [-0.15, -0.1) is 0 Å². The Morgan fingerprint density at radius 2 is 1.82 bits per heavy atom. The van der Waals surface area contributed by atoms with Crippen molar-refractivity contribution in [1.82, 2.24) is 0 Å². The predicted molar refractivity (Wildman–Crippen MR) is 51.4 cm³/mol. The summed E-state index contributed by atoms with van der Waals surface area (Å²) in [5.41, 5.74) is 0. The fourth-order valence-corrected chi connectivity index (χ4v) is 1.11. The van der Waals surface area contributed by atoms with E-state index in [0.29, 0.717) is 0 Å². The summed E-state index contributed by atoms with van der Waals surface area (Å²) < 4.78 is 2.01. The van der Waals surface area contributed by atoms with Crippen molar-refractivity contribution in [3.05, 3.63) is 0 Å². The molecule has 0 saturated heterocycles. The molecule has 0 bridgehead atoms. The van der Waals surface area contributed by atoms with Crippen molar-refractivity contribution in [1.29, 1.82) is 0 Å². The lowest BCUT2D eigenvalue weighted by atomic mass is 9.91. The minimum absolute atomic E-state index is 0.837. The average molecular weight is 156 g/mol. The Balaban J connectivity index is 3.51. The topological polar surface area (TPSA) is 3.01 Å². The fourth-order valence-electron chi connectivity index (χ4n) is 1.11. The molecule has 0 aromatic carbocycles.